The summed E-state index contributed by atoms with van der Waals surface area (Å²) in [4.78, 5) is 34.7. The van der Waals surface area contributed by atoms with Crippen LogP contribution in [0.4, 0.5) is 4.79 Å². The molecule has 1 amide bonds. The van der Waals surface area contributed by atoms with Crippen molar-refractivity contribution in [2.75, 3.05) is 0 Å². The summed E-state index contributed by atoms with van der Waals surface area (Å²) in [5.74, 6) is -0.652. The Morgan fingerprint density at radius 3 is 2.21 bits per heavy atom. The fourth-order valence-electron chi connectivity index (χ4n) is 1.99. The van der Waals surface area contributed by atoms with Crippen molar-refractivity contribution in [1.29, 1.82) is 0 Å². The number of amides is 1. The van der Waals surface area contributed by atoms with Crippen LogP contribution in [0.2, 0.25) is 0 Å². The van der Waals surface area contributed by atoms with Crippen molar-refractivity contribution in [1.82, 2.24) is 5.32 Å². The van der Waals surface area contributed by atoms with Crippen LogP contribution in [0.15, 0.2) is 0 Å². The van der Waals surface area contributed by atoms with Gasteiger partial charge in [-0.2, -0.15) is 0 Å². The normalized spacial score (nSPS) is 17.3. The molecule has 0 radical (unpaired) electrons. The number of hydrogen-bond donors (Lipinski definition) is 1. The third-order valence-corrected chi connectivity index (χ3v) is 3.15. The van der Waals surface area contributed by atoms with E-state index >= 15 is 0 Å². The van der Waals surface area contributed by atoms with Gasteiger partial charge in [-0.25, -0.2) is 4.79 Å². The molecule has 0 aromatic carbocycles. The van der Waals surface area contributed by atoms with E-state index in [0.29, 0.717) is 12.3 Å². The highest BCUT2D eigenvalue weighted by atomic mass is 16.6. The largest absolute Gasteiger partial charge is 0.444 e. The topological polar surface area (TPSA) is 72.5 Å². The Kier molecular flexibility index (Phi) is 5.09. The van der Waals surface area contributed by atoms with Crippen molar-refractivity contribution in [3.8, 4) is 0 Å². The van der Waals surface area contributed by atoms with Gasteiger partial charge in [0.2, 0.25) is 5.78 Å². The van der Waals surface area contributed by atoms with E-state index in [1.165, 1.54) is 6.92 Å². The molecule has 0 spiro atoms. The molecule has 0 aliphatic heterocycles. The van der Waals surface area contributed by atoms with E-state index in [0.717, 1.165) is 19.3 Å². The summed E-state index contributed by atoms with van der Waals surface area (Å²) in [5, 5.41) is 2.52. The lowest BCUT2D eigenvalue weighted by atomic mass is 9.80. The molecule has 0 aromatic heterocycles. The van der Waals surface area contributed by atoms with Gasteiger partial charge < -0.3 is 10.1 Å². The fraction of sp³-hybridized carbons (Fsp3) is 0.786. The maximum atomic E-state index is 11.8. The molecule has 0 bridgehead atoms. The summed E-state index contributed by atoms with van der Waals surface area (Å²) in [6.45, 7) is 6.48. The summed E-state index contributed by atoms with van der Waals surface area (Å²) in [7, 11) is 0. The highest BCUT2D eigenvalue weighted by Crippen LogP contribution is 2.30. The molecule has 0 heterocycles. The molecule has 0 aromatic rings. The number of Topliss-reactive ketones (excluding diaryl/α,β-unsaturated/α-hetero) is 2. The third kappa shape index (κ3) is 5.41. The Hall–Kier alpha value is -1.39. The molecular formula is C14H23NO4. The molecule has 1 N–H and O–H groups in total. The van der Waals surface area contributed by atoms with Crippen LogP contribution in [0.3, 0.4) is 0 Å². The molecular weight excluding hydrogens is 246 g/mol. The maximum Gasteiger partial charge on any atom is 0.408 e. The van der Waals surface area contributed by atoms with Gasteiger partial charge in [0.15, 0.2) is 5.78 Å². The molecule has 0 saturated heterocycles. The summed E-state index contributed by atoms with van der Waals surface area (Å²) in [6.07, 6.45) is 3.14. The van der Waals surface area contributed by atoms with E-state index in [9.17, 15) is 14.4 Å². The number of ketones is 2. The van der Waals surface area contributed by atoms with E-state index in [1.54, 1.807) is 20.8 Å². The highest BCUT2D eigenvalue weighted by molar-refractivity contribution is 6.38. The fourth-order valence-corrected chi connectivity index (χ4v) is 1.99. The third-order valence-electron chi connectivity index (χ3n) is 3.15. The second-order valence-electron chi connectivity index (χ2n) is 6.15. The highest BCUT2D eigenvalue weighted by Gasteiger charge is 2.31. The number of rotatable bonds is 5. The molecule has 108 valence electrons. The van der Waals surface area contributed by atoms with Gasteiger partial charge in [0, 0.05) is 6.92 Å². The van der Waals surface area contributed by atoms with Crippen molar-refractivity contribution in [2.45, 2.75) is 65.0 Å². The molecule has 1 saturated carbocycles. The zero-order chi connectivity index (χ0) is 14.6. The first-order chi connectivity index (χ1) is 8.69. The average Bonchev–Trinajstić information content (AvgIpc) is 2.17. The van der Waals surface area contributed by atoms with E-state index < -0.39 is 29.3 Å². The quantitative estimate of drug-likeness (QED) is 0.777. The number of hydrogen-bond acceptors (Lipinski definition) is 4. The summed E-state index contributed by atoms with van der Waals surface area (Å²) in [5.41, 5.74) is -0.621. The minimum Gasteiger partial charge on any atom is -0.444 e. The van der Waals surface area contributed by atoms with Crippen LogP contribution < -0.4 is 5.32 Å². The van der Waals surface area contributed by atoms with E-state index in [2.05, 4.69) is 5.32 Å². The SMILES string of the molecule is CC(=O)C(=O)C(CC1CCC1)NC(=O)OC(C)(C)C. The van der Waals surface area contributed by atoms with Gasteiger partial charge in [-0.1, -0.05) is 19.3 Å². The first-order valence-corrected chi connectivity index (χ1v) is 6.73. The summed E-state index contributed by atoms with van der Waals surface area (Å²) >= 11 is 0. The van der Waals surface area contributed by atoms with E-state index in [1.807, 2.05) is 0 Å². The summed E-state index contributed by atoms with van der Waals surface area (Å²) in [6, 6.07) is -0.752. The van der Waals surface area contributed by atoms with Crippen LogP contribution in [0.1, 0.15) is 53.4 Å². The monoisotopic (exact) mass is 269 g/mol. The van der Waals surface area contributed by atoms with Gasteiger partial charge in [0.05, 0.1) is 6.04 Å². The van der Waals surface area contributed by atoms with Crippen LogP contribution in [0.5, 0.6) is 0 Å². The minimum absolute atomic E-state index is 0.420. The Bertz CT molecular complexity index is 366. The molecule has 1 atom stereocenters. The predicted octanol–water partition coefficient (Wildman–Crippen LogP) is 2.23. The molecule has 1 rings (SSSR count). The van der Waals surface area contributed by atoms with Crippen molar-refractivity contribution < 1.29 is 19.1 Å². The van der Waals surface area contributed by atoms with E-state index in [-0.39, 0.29) is 0 Å². The number of ether oxygens (including phenoxy) is 1. The lowest BCUT2D eigenvalue weighted by Crippen LogP contribution is -2.46. The number of alkyl carbamates (subject to hydrolysis) is 1. The second kappa shape index (κ2) is 6.17. The Labute approximate surface area is 114 Å². The number of carbonyl (C=O) groups excluding carboxylic acids is 3. The molecule has 1 aliphatic rings. The second-order valence-corrected chi connectivity index (χ2v) is 6.15. The van der Waals surface area contributed by atoms with Gasteiger partial charge in [-0.05, 0) is 33.1 Å². The summed E-state index contributed by atoms with van der Waals surface area (Å²) < 4.78 is 5.12. The lowest BCUT2D eigenvalue weighted by Gasteiger charge is -2.29. The first-order valence-electron chi connectivity index (χ1n) is 6.73. The Morgan fingerprint density at radius 2 is 1.84 bits per heavy atom. The van der Waals surface area contributed by atoms with Crippen LogP contribution in [0.25, 0.3) is 0 Å². The molecule has 1 fully saturated rings. The van der Waals surface area contributed by atoms with Crippen molar-refractivity contribution in [3.05, 3.63) is 0 Å². The zero-order valence-corrected chi connectivity index (χ0v) is 12.1. The standard InChI is InChI=1S/C14H23NO4/c1-9(16)12(17)11(8-10-6-5-7-10)15-13(18)19-14(2,3)4/h10-11H,5-8H2,1-4H3,(H,15,18). The van der Waals surface area contributed by atoms with Gasteiger partial charge in [-0.15, -0.1) is 0 Å². The lowest BCUT2D eigenvalue weighted by molar-refractivity contribution is -0.136. The average molecular weight is 269 g/mol. The molecule has 5 nitrogen and oxygen atoms in total. The zero-order valence-electron chi connectivity index (χ0n) is 12.1. The number of carbonyl (C=O) groups is 3. The van der Waals surface area contributed by atoms with Crippen LogP contribution in [0, 0.1) is 5.92 Å². The first kappa shape index (κ1) is 15.7. The van der Waals surface area contributed by atoms with Crippen molar-refractivity contribution >= 4 is 17.7 Å². The van der Waals surface area contributed by atoms with Crippen molar-refractivity contribution in [3.63, 3.8) is 0 Å². The molecule has 1 aliphatic carbocycles. The van der Waals surface area contributed by atoms with Gasteiger partial charge in [0.25, 0.3) is 0 Å². The number of nitrogens with one attached hydrogen (secondary N) is 1. The Balaban J connectivity index is 2.59. The van der Waals surface area contributed by atoms with Crippen molar-refractivity contribution in [2.24, 2.45) is 5.92 Å². The smallest absolute Gasteiger partial charge is 0.408 e. The van der Waals surface area contributed by atoms with Crippen LogP contribution >= 0.6 is 0 Å². The predicted molar refractivity (Wildman–Crippen MR) is 70.8 cm³/mol. The van der Waals surface area contributed by atoms with Crippen LogP contribution in [-0.2, 0) is 14.3 Å². The maximum absolute atomic E-state index is 11.8. The molecule has 19 heavy (non-hydrogen) atoms. The molecule has 5 heteroatoms. The molecule has 1 unspecified atom stereocenters. The Morgan fingerprint density at radius 1 is 1.26 bits per heavy atom. The van der Waals surface area contributed by atoms with Crippen LogP contribution in [-0.4, -0.2) is 29.3 Å². The minimum atomic E-state index is -0.752. The van der Waals surface area contributed by atoms with Gasteiger partial charge in [-0.3, -0.25) is 9.59 Å². The van der Waals surface area contributed by atoms with E-state index in [4.69, 9.17) is 4.74 Å². The van der Waals surface area contributed by atoms with Gasteiger partial charge >= 0.3 is 6.09 Å². The van der Waals surface area contributed by atoms with Gasteiger partial charge in [0.1, 0.15) is 5.60 Å².